The molecule has 0 heterocycles. The number of terminal acetylenes is 1. The molecule has 2 heteroatoms. The third-order valence-corrected chi connectivity index (χ3v) is 1.40. The van der Waals surface area contributed by atoms with Gasteiger partial charge in [-0.2, -0.15) is 0 Å². The Hall–Kier alpha value is -0.970. The van der Waals surface area contributed by atoms with Gasteiger partial charge in [-0.05, 0) is 13.3 Å². The Morgan fingerprint density at radius 1 is 1.73 bits per heavy atom. The Bertz CT molecular complexity index is 178. The van der Waals surface area contributed by atoms with E-state index in [1.54, 1.807) is 6.92 Å². The van der Waals surface area contributed by atoms with E-state index in [9.17, 15) is 4.79 Å². The third-order valence-electron chi connectivity index (χ3n) is 1.40. The van der Waals surface area contributed by atoms with Crippen LogP contribution in [0.1, 0.15) is 33.6 Å². The highest BCUT2D eigenvalue weighted by Crippen LogP contribution is 2.16. The molecule has 0 spiro atoms. The molecular weight excluding hydrogens is 140 g/mol. The van der Waals surface area contributed by atoms with Crippen molar-refractivity contribution in [1.29, 1.82) is 0 Å². The Morgan fingerprint density at radius 3 is 2.55 bits per heavy atom. The molecule has 0 saturated heterocycles. The summed E-state index contributed by atoms with van der Waals surface area (Å²) in [4.78, 5) is 10.6. The van der Waals surface area contributed by atoms with Crippen molar-refractivity contribution in [3.63, 3.8) is 0 Å². The van der Waals surface area contributed by atoms with E-state index in [1.165, 1.54) is 6.92 Å². The Morgan fingerprint density at radius 2 is 2.27 bits per heavy atom. The number of hydrogen-bond donors (Lipinski definition) is 0. The van der Waals surface area contributed by atoms with Gasteiger partial charge in [0.1, 0.15) is 0 Å². The van der Waals surface area contributed by atoms with E-state index in [0.717, 1.165) is 6.42 Å². The second-order valence-electron chi connectivity index (χ2n) is 2.72. The van der Waals surface area contributed by atoms with Gasteiger partial charge in [0.25, 0.3) is 0 Å². The summed E-state index contributed by atoms with van der Waals surface area (Å²) in [5, 5.41) is 0. The summed E-state index contributed by atoms with van der Waals surface area (Å²) in [5.74, 6) is 2.15. The van der Waals surface area contributed by atoms with E-state index in [4.69, 9.17) is 11.2 Å². The lowest BCUT2D eigenvalue weighted by molar-refractivity contribution is -0.150. The van der Waals surface area contributed by atoms with Gasteiger partial charge in [0.05, 0.1) is 0 Å². The van der Waals surface area contributed by atoms with Crippen molar-refractivity contribution < 1.29 is 9.53 Å². The minimum absolute atomic E-state index is 0.320. The first-order valence-electron chi connectivity index (χ1n) is 3.71. The van der Waals surface area contributed by atoms with Gasteiger partial charge in [-0.3, -0.25) is 4.79 Å². The van der Waals surface area contributed by atoms with Crippen LogP contribution in [0.5, 0.6) is 0 Å². The van der Waals surface area contributed by atoms with Gasteiger partial charge >= 0.3 is 5.97 Å². The van der Waals surface area contributed by atoms with Crippen molar-refractivity contribution in [2.45, 2.75) is 39.2 Å². The molecule has 0 N–H and O–H groups in total. The zero-order chi connectivity index (χ0) is 8.91. The van der Waals surface area contributed by atoms with Crippen molar-refractivity contribution in [2.75, 3.05) is 0 Å². The standard InChI is InChI=1S/C9H14O2/c1-5-7-9(4,6-2)11-8(3)10/h2H,5,7H2,1,3-4H3/t9-/m0/s1. The maximum Gasteiger partial charge on any atom is 0.304 e. The lowest BCUT2D eigenvalue weighted by atomic mass is 10.0. The number of rotatable bonds is 3. The van der Waals surface area contributed by atoms with E-state index >= 15 is 0 Å². The topological polar surface area (TPSA) is 26.3 Å². The SMILES string of the molecule is C#C[C@@](C)(CCC)OC(C)=O. The normalized spacial score (nSPS) is 14.7. The van der Waals surface area contributed by atoms with Gasteiger partial charge in [-0.25, -0.2) is 0 Å². The number of carbonyl (C=O) groups excluding carboxylic acids is 1. The summed E-state index contributed by atoms with van der Waals surface area (Å²) < 4.78 is 4.95. The van der Waals surface area contributed by atoms with Gasteiger partial charge < -0.3 is 4.74 Å². The summed E-state index contributed by atoms with van der Waals surface area (Å²) in [7, 11) is 0. The highest BCUT2D eigenvalue weighted by molar-refractivity contribution is 5.67. The molecule has 0 aromatic heterocycles. The molecule has 0 bridgehead atoms. The van der Waals surface area contributed by atoms with Crippen LogP contribution >= 0.6 is 0 Å². The monoisotopic (exact) mass is 154 g/mol. The van der Waals surface area contributed by atoms with Crippen molar-refractivity contribution in [3.05, 3.63) is 0 Å². The maximum atomic E-state index is 10.6. The fourth-order valence-electron chi connectivity index (χ4n) is 0.947. The second kappa shape index (κ2) is 4.02. The van der Waals surface area contributed by atoms with Crippen molar-refractivity contribution in [2.24, 2.45) is 0 Å². The zero-order valence-corrected chi connectivity index (χ0v) is 7.31. The minimum atomic E-state index is -0.708. The summed E-state index contributed by atoms with van der Waals surface area (Å²) in [5.41, 5.74) is -0.708. The molecule has 0 aromatic carbocycles. The Labute approximate surface area is 67.9 Å². The molecule has 0 unspecified atom stereocenters. The van der Waals surface area contributed by atoms with Crippen LogP contribution in [0.3, 0.4) is 0 Å². The quantitative estimate of drug-likeness (QED) is 0.457. The van der Waals surface area contributed by atoms with Gasteiger partial charge in [-0.15, -0.1) is 6.42 Å². The number of ether oxygens (including phenoxy) is 1. The third kappa shape index (κ3) is 3.67. The van der Waals surface area contributed by atoms with Gasteiger partial charge in [-0.1, -0.05) is 19.3 Å². The molecular formula is C9H14O2. The highest BCUT2D eigenvalue weighted by atomic mass is 16.6. The fraction of sp³-hybridized carbons (Fsp3) is 0.667. The molecule has 1 atom stereocenters. The van der Waals surface area contributed by atoms with Crippen molar-refractivity contribution >= 4 is 5.97 Å². The summed E-state index contributed by atoms with van der Waals surface area (Å²) in [6, 6.07) is 0. The van der Waals surface area contributed by atoms with E-state index in [2.05, 4.69) is 5.92 Å². The fourth-order valence-corrected chi connectivity index (χ4v) is 0.947. The van der Waals surface area contributed by atoms with Crippen LogP contribution in [0.2, 0.25) is 0 Å². The molecule has 62 valence electrons. The molecule has 0 radical (unpaired) electrons. The second-order valence-corrected chi connectivity index (χ2v) is 2.72. The largest absolute Gasteiger partial charge is 0.446 e. The van der Waals surface area contributed by atoms with Crippen molar-refractivity contribution in [3.8, 4) is 12.3 Å². The molecule has 0 amide bonds. The average molecular weight is 154 g/mol. The molecule has 0 fully saturated rings. The van der Waals surface area contributed by atoms with Crippen LogP contribution in [0.4, 0.5) is 0 Å². The molecule has 0 aliphatic rings. The average Bonchev–Trinajstić information content (AvgIpc) is 1.87. The molecule has 0 aliphatic carbocycles. The molecule has 0 aromatic rings. The van der Waals surface area contributed by atoms with Gasteiger partial charge in [0, 0.05) is 6.92 Å². The summed E-state index contributed by atoms with van der Waals surface area (Å²) in [6.45, 7) is 5.11. The van der Waals surface area contributed by atoms with Crippen molar-refractivity contribution in [1.82, 2.24) is 0 Å². The minimum Gasteiger partial charge on any atom is -0.446 e. The summed E-state index contributed by atoms with van der Waals surface area (Å²) >= 11 is 0. The van der Waals surface area contributed by atoms with E-state index in [-0.39, 0.29) is 5.97 Å². The maximum absolute atomic E-state index is 10.6. The number of hydrogen-bond acceptors (Lipinski definition) is 2. The number of carbonyl (C=O) groups is 1. The molecule has 0 saturated carbocycles. The molecule has 0 rings (SSSR count). The molecule has 2 nitrogen and oxygen atoms in total. The highest BCUT2D eigenvalue weighted by Gasteiger charge is 2.22. The van der Waals surface area contributed by atoms with Crippen LogP contribution in [-0.2, 0) is 9.53 Å². The van der Waals surface area contributed by atoms with Crippen LogP contribution in [0.15, 0.2) is 0 Å². The van der Waals surface area contributed by atoms with Crippen LogP contribution < -0.4 is 0 Å². The van der Waals surface area contributed by atoms with Crippen LogP contribution in [-0.4, -0.2) is 11.6 Å². The van der Waals surface area contributed by atoms with E-state index in [1.807, 2.05) is 6.92 Å². The Balaban J connectivity index is 4.13. The molecule has 0 aliphatic heterocycles. The Kier molecular flexibility index (Phi) is 3.67. The zero-order valence-electron chi connectivity index (χ0n) is 7.31. The van der Waals surface area contributed by atoms with E-state index < -0.39 is 5.60 Å². The van der Waals surface area contributed by atoms with Crippen LogP contribution in [0.25, 0.3) is 0 Å². The smallest absolute Gasteiger partial charge is 0.304 e. The van der Waals surface area contributed by atoms with E-state index in [0.29, 0.717) is 6.42 Å². The molecule has 11 heavy (non-hydrogen) atoms. The van der Waals surface area contributed by atoms with Gasteiger partial charge in [0.15, 0.2) is 5.60 Å². The predicted molar refractivity (Wildman–Crippen MR) is 43.9 cm³/mol. The number of esters is 1. The first-order chi connectivity index (χ1) is 5.04. The van der Waals surface area contributed by atoms with Crippen LogP contribution in [0, 0.1) is 12.3 Å². The lowest BCUT2D eigenvalue weighted by Crippen LogP contribution is -2.28. The lowest BCUT2D eigenvalue weighted by Gasteiger charge is -2.22. The predicted octanol–water partition coefficient (Wildman–Crippen LogP) is 1.74. The first-order valence-corrected chi connectivity index (χ1v) is 3.71. The first kappa shape index (κ1) is 10.0. The van der Waals surface area contributed by atoms with Gasteiger partial charge in [0.2, 0.25) is 0 Å². The summed E-state index contributed by atoms with van der Waals surface area (Å²) in [6.07, 6.45) is 6.84.